The van der Waals surface area contributed by atoms with E-state index in [2.05, 4.69) is 20.7 Å². The van der Waals surface area contributed by atoms with Crippen LogP contribution in [-0.4, -0.2) is 75.4 Å². The van der Waals surface area contributed by atoms with Crippen molar-refractivity contribution in [2.24, 2.45) is 5.92 Å². The number of methoxy groups -OCH3 is 1. The summed E-state index contributed by atoms with van der Waals surface area (Å²) < 4.78 is 56.9. The largest absolute Gasteiger partial charge is 0.453 e. The van der Waals surface area contributed by atoms with Crippen molar-refractivity contribution in [3.8, 4) is 0 Å². The van der Waals surface area contributed by atoms with Crippen LogP contribution in [0.15, 0.2) is 18.2 Å². The predicted molar refractivity (Wildman–Crippen MR) is 140 cm³/mol. The van der Waals surface area contributed by atoms with Crippen molar-refractivity contribution in [3.05, 3.63) is 35.4 Å². The molecule has 0 aromatic heterocycles. The molecule has 0 unspecified atom stereocenters. The Morgan fingerprint density at radius 1 is 1.11 bits per heavy atom. The van der Waals surface area contributed by atoms with Crippen molar-refractivity contribution in [3.63, 3.8) is 0 Å². The van der Waals surface area contributed by atoms with E-state index in [1.54, 1.807) is 0 Å². The van der Waals surface area contributed by atoms with Crippen LogP contribution in [0.1, 0.15) is 45.6 Å². The molecule has 1 rings (SSSR count). The van der Waals surface area contributed by atoms with Crippen molar-refractivity contribution in [2.45, 2.75) is 64.6 Å². The molecule has 37 heavy (non-hydrogen) atoms. The van der Waals surface area contributed by atoms with Gasteiger partial charge < -0.3 is 25.8 Å². The van der Waals surface area contributed by atoms with Crippen LogP contribution in [0.3, 0.4) is 0 Å². The molecule has 3 atom stereocenters. The first-order chi connectivity index (χ1) is 16.9. The van der Waals surface area contributed by atoms with Crippen LogP contribution >= 0.6 is 12.4 Å². The molecule has 0 aliphatic carbocycles. The van der Waals surface area contributed by atoms with Gasteiger partial charge in [-0.25, -0.2) is 22.0 Å². The molecule has 0 heterocycles. The van der Waals surface area contributed by atoms with Crippen molar-refractivity contribution in [1.82, 2.24) is 16.0 Å². The first-order valence-corrected chi connectivity index (χ1v) is 13.9. The molecular formula is C24H40ClF2N3O6S. The smallest absolute Gasteiger partial charge is 0.407 e. The minimum Gasteiger partial charge on any atom is -0.453 e. The lowest BCUT2D eigenvalue weighted by atomic mass is 10.00. The monoisotopic (exact) mass is 571 g/mol. The summed E-state index contributed by atoms with van der Waals surface area (Å²) >= 11 is 0. The Bertz CT molecular complexity index is 932. The number of alkyl carbamates (subject to hydrolysis) is 1. The van der Waals surface area contributed by atoms with E-state index in [9.17, 15) is 31.9 Å². The molecule has 13 heteroatoms. The van der Waals surface area contributed by atoms with E-state index in [-0.39, 0.29) is 36.7 Å². The van der Waals surface area contributed by atoms with Crippen LogP contribution < -0.4 is 16.0 Å². The fourth-order valence-corrected chi connectivity index (χ4v) is 5.06. The van der Waals surface area contributed by atoms with Gasteiger partial charge in [-0.2, -0.15) is 0 Å². The summed E-state index contributed by atoms with van der Waals surface area (Å²) in [4.78, 5) is 24.9. The third-order valence-corrected chi connectivity index (χ3v) is 7.20. The Balaban J connectivity index is 0.0000130. The fourth-order valence-electron chi connectivity index (χ4n) is 3.42. The van der Waals surface area contributed by atoms with Crippen LogP contribution in [0.5, 0.6) is 0 Å². The first kappa shape index (κ1) is 35.0. The highest BCUT2D eigenvalue weighted by atomic mass is 35.5. The summed E-state index contributed by atoms with van der Waals surface area (Å²) in [6, 6.07) is 0.345. The standard InChI is InChI=1S/C24H39F2N3O6S.ClH/c1-5-6-9-36(33,34)15-21(29-24(32)35-4)23(31)28-20(22(30)14-27-8-7-16(2)3)12-17-10-18(25)13-19(26)11-17;/h10-11,13,16,20-22,27,30H,5-9,12,14-15H2,1-4H3,(H,28,31)(H,29,32);1H/t20-,21+,22+;/m0./s1. The average molecular weight is 572 g/mol. The predicted octanol–water partition coefficient (Wildman–Crippen LogP) is 2.35. The highest BCUT2D eigenvalue weighted by Gasteiger charge is 2.31. The van der Waals surface area contributed by atoms with E-state index in [4.69, 9.17) is 0 Å². The number of hydrogen-bond acceptors (Lipinski definition) is 7. The normalized spacial score (nSPS) is 13.8. The molecule has 2 amide bonds. The van der Waals surface area contributed by atoms with E-state index in [0.29, 0.717) is 31.4 Å². The number of ether oxygens (including phenoxy) is 1. The second-order valence-corrected chi connectivity index (χ2v) is 11.4. The lowest BCUT2D eigenvalue weighted by molar-refractivity contribution is -0.124. The van der Waals surface area contributed by atoms with Gasteiger partial charge in [-0.05, 0) is 49.4 Å². The molecule has 0 aliphatic heterocycles. The van der Waals surface area contributed by atoms with Crippen LogP contribution in [-0.2, 0) is 25.8 Å². The zero-order valence-corrected chi connectivity index (χ0v) is 23.4. The molecule has 0 radical (unpaired) electrons. The van der Waals surface area contributed by atoms with Gasteiger partial charge in [-0.3, -0.25) is 4.79 Å². The summed E-state index contributed by atoms with van der Waals surface area (Å²) in [5.41, 5.74) is 0.187. The molecule has 214 valence electrons. The van der Waals surface area contributed by atoms with Crippen LogP contribution in [0, 0.1) is 17.6 Å². The molecule has 1 aromatic rings. The van der Waals surface area contributed by atoms with E-state index in [0.717, 1.165) is 25.7 Å². The second kappa shape index (κ2) is 17.5. The van der Waals surface area contributed by atoms with Crippen molar-refractivity contribution in [2.75, 3.05) is 31.7 Å². The summed E-state index contributed by atoms with van der Waals surface area (Å²) in [7, 11) is -2.63. The Hall–Kier alpha value is -2.02. The lowest BCUT2D eigenvalue weighted by Crippen LogP contribution is -2.56. The number of carbonyl (C=O) groups is 2. The zero-order chi connectivity index (χ0) is 27.3. The summed E-state index contributed by atoms with van der Waals surface area (Å²) in [6.07, 6.45) is -0.448. The minimum absolute atomic E-state index is 0. The number of benzene rings is 1. The van der Waals surface area contributed by atoms with Crippen LogP contribution in [0.2, 0.25) is 0 Å². The minimum atomic E-state index is -3.70. The summed E-state index contributed by atoms with van der Waals surface area (Å²) in [5.74, 6) is -2.90. The highest BCUT2D eigenvalue weighted by molar-refractivity contribution is 7.91. The first-order valence-electron chi connectivity index (χ1n) is 12.1. The lowest BCUT2D eigenvalue weighted by Gasteiger charge is -2.27. The van der Waals surface area contributed by atoms with E-state index >= 15 is 0 Å². The second-order valence-electron chi connectivity index (χ2n) is 9.21. The number of hydrogen-bond donors (Lipinski definition) is 4. The van der Waals surface area contributed by atoms with Gasteiger partial charge in [0.1, 0.15) is 17.7 Å². The number of nitrogens with one attached hydrogen (secondary N) is 3. The summed E-state index contributed by atoms with van der Waals surface area (Å²) in [6.45, 7) is 6.58. The number of carbonyl (C=O) groups excluding carboxylic acids is 2. The molecule has 0 fully saturated rings. The maximum Gasteiger partial charge on any atom is 0.407 e. The van der Waals surface area contributed by atoms with Crippen molar-refractivity contribution < 1.29 is 36.6 Å². The Labute approximate surface area is 224 Å². The summed E-state index contributed by atoms with van der Waals surface area (Å²) in [5, 5.41) is 18.6. The number of amides is 2. The molecule has 0 saturated heterocycles. The molecule has 0 aliphatic rings. The molecule has 0 spiro atoms. The van der Waals surface area contributed by atoms with Crippen LogP contribution in [0.25, 0.3) is 0 Å². The van der Waals surface area contributed by atoms with E-state index < -0.39 is 57.4 Å². The quantitative estimate of drug-likeness (QED) is 0.224. The van der Waals surface area contributed by atoms with Gasteiger partial charge in [0.25, 0.3) is 0 Å². The number of unbranched alkanes of at least 4 members (excludes halogenated alkanes) is 1. The maximum atomic E-state index is 13.7. The molecule has 0 bridgehead atoms. The number of sulfone groups is 1. The third kappa shape index (κ3) is 14.5. The molecular weight excluding hydrogens is 532 g/mol. The van der Waals surface area contributed by atoms with Gasteiger partial charge in [-0.1, -0.05) is 27.2 Å². The third-order valence-electron chi connectivity index (χ3n) is 5.45. The van der Waals surface area contributed by atoms with Crippen molar-refractivity contribution in [1.29, 1.82) is 0 Å². The van der Waals surface area contributed by atoms with Gasteiger partial charge in [0, 0.05) is 12.6 Å². The van der Waals surface area contributed by atoms with Crippen LogP contribution in [0.4, 0.5) is 13.6 Å². The van der Waals surface area contributed by atoms with Gasteiger partial charge >= 0.3 is 6.09 Å². The van der Waals surface area contributed by atoms with E-state index in [1.807, 2.05) is 20.8 Å². The Morgan fingerprint density at radius 3 is 2.27 bits per heavy atom. The Morgan fingerprint density at radius 2 is 1.73 bits per heavy atom. The van der Waals surface area contributed by atoms with E-state index in [1.165, 1.54) is 0 Å². The fraction of sp³-hybridized carbons (Fsp3) is 0.667. The molecule has 9 nitrogen and oxygen atoms in total. The van der Waals surface area contributed by atoms with Crippen molar-refractivity contribution >= 4 is 34.2 Å². The van der Waals surface area contributed by atoms with Gasteiger partial charge in [0.15, 0.2) is 9.84 Å². The SMILES string of the molecule is CCCCS(=O)(=O)C[C@@H](NC(=O)OC)C(=O)N[C@@H](Cc1cc(F)cc(F)c1)[C@H](O)CNCCC(C)C.Cl. The van der Waals surface area contributed by atoms with Gasteiger partial charge in [0.2, 0.25) is 5.91 Å². The molecule has 1 aromatic carbocycles. The highest BCUT2D eigenvalue weighted by Crippen LogP contribution is 2.13. The number of rotatable bonds is 16. The zero-order valence-electron chi connectivity index (χ0n) is 21.8. The van der Waals surface area contributed by atoms with Gasteiger partial charge in [-0.15, -0.1) is 12.4 Å². The number of aliphatic hydroxyl groups excluding tert-OH is 1. The topological polar surface area (TPSA) is 134 Å². The Kier molecular flexibility index (Phi) is 16.5. The van der Waals surface area contributed by atoms with Gasteiger partial charge in [0.05, 0.1) is 30.8 Å². The number of halogens is 3. The number of aliphatic hydroxyl groups is 1. The molecule has 4 N–H and O–H groups in total. The molecule has 0 saturated carbocycles. The average Bonchev–Trinajstić information content (AvgIpc) is 2.78. The maximum absolute atomic E-state index is 13.7.